The molecule has 0 heterocycles. The molecule has 0 fully saturated rings. The third kappa shape index (κ3) is 7.38. The zero-order chi connectivity index (χ0) is 17.8. The summed E-state index contributed by atoms with van der Waals surface area (Å²) in [5.41, 5.74) is 2.90. The van der Waals surface area contributed by atoms with Crippen molar-refractivity contribution in [1.82, 2.24) is 10.7 Å². The molecule has 0 radical (unpaired) electrons. The first-order valence-electron chi connectivity index (χ1n) is 7.22. The third-order valence-corrected chi connectivity index (χ3v) is 3.33. The van der Waals surface area contributed by atoms with Gasteiger partial charge in [0.1, 0.15) is 12.4 Å². The summed E-state index contributed by atoms with van der Waals surface area (Å²) in [6.45, 7) is 4.87. The van der Waals surface area contributed by atoms with Gasteiger partial charge in [-0.1, -0.05) is 12.7 Å². The van der Waals surface area contributed by atoms with Gasteiger partial charge in [0.2, 0.25) is 0 Å². The Morgan fingerprint density at radius 2 is 2.17 bits per heavy atom. The topological polar surface area (TPSA) is 89.0 Å². The number of halogens is 1. The average Bonchev–Trinajstić information content (AvgIpc) is 2.57. The summed E-state index contributed by atoms with van der Waals surface area (Å²) in [7, 11) is 1.57. The molecular formula is C16H20BrN3O4. The van der Waals surface area contributed by atoms with E-state index >= 15 is 0 Å². The van der Waals surface area contributed by atoms with E-state index in [2.05, 4.69) is 38.4 Å². The Balaban J connectivity index is 2.45. The quantitative estimate of drug-likeness (QED) is 0.218. The summed E-state index contributed by atoms with van der Waals surface area (Å²) in [6, 6.07) is 5.31. The van der Waals surface area contributed by atoms with Crippen LogP contribution in [-0.4, -0.2) is 44.9 Å². The molecule has 0 aliphatic heterocycles. The first-order chi connectivity index (χ1) is 11.6. The van der Waals surface area contributed by atoms with Gasteiger partial charge >= 0.3 is 11.8 Å². The molecule has 0 saturated carbocycles. The summed E-state index contributed by atoms with van der Waals surface area (Å²) < 4.78 is 11.0. The van der Waals surface area contributed by atoms with Gasteiger partial charge in [-0.3, -0.25) is 9.59 Å². The number of benzene rings is 1. The van der Waals surface area contributed by atoms with Crippen LogP contribution in [-0.2, 0) is 14.3 Å². The fourth-order valence-electron chi connectivity index (χ4n) is 1.58. The molecule has 24 heavy (non-hydrogen) atoms. The fraction of sp³-hybridized carbons (Fsp3) is 0.312. The van der Waals surface area contributed by atoms with E-state index in [0.29, 0.717) is 31.9 Å². The van der Waals surface area contributed by atoms with Gasteiger partial charge in [0.15, 0.2) is 0 Å². The number of rotatable bonds is 9. The molecule has 8 heteroatoms. The van der Waals surface area contributed by atoms with E-state index in [1.54, 1.807) is 31.4 Å². The predicted octanol–water partition coefficient (Wildman–Crippen LogP) is 1.62. The monoisotopic (exact) mass is 397 g/mol. The third-order valence-electron chi connectivity index (χ3n) is 2.71. The highest BCUT2D eigenvalue weighted by molar-refractivity contribution is 9.10. The highest BCUT2D eigenvalue weighted by Crippen LogP contribution is 2.25. The molecule has 0 aromatic heterocycles. The number of hydrogen-bond acceptors (Lipinski definition) is 5. The zero-order valence-corrected chi connectivity index (χ0v) is 15.0. The van der Waals surface area contributed by atoms with E-state index < -0.39 is 11.8 Å². The number of hydrogen-bond donors (Lipinski definition) is 2. The summed E-state index contributed by atoms with van der Waals surface area (Å²) in [6.07, 6.45) is 3.71. The number of amides is 2. The highest BCUT2D eigenvalue weighted by Gasteiger charge is 2.11. The molecule has 7 nitrogen and oxygen atoms in total. The Morgan fingerprint density at radius 3 is 2.83 bits per heavy atom. The maximum Gasteiger partial charge on any atom is 0.329 e. The number of carbonyl (C=O) groups is 2. The zero-order valence-electron chi connectivity index (χ0n) is 13.4. The maximum atomic E-state index is 11.5. The lowest BCUT2D eigenvalue weighted by atomic mass is 10.2. The minimum absolute atomic E-state index is 0.364. The van der Waals surface area contributed by atoms with Crippen molar-refractivity contribution in [2.24, 2.45) is 5.10 Å². The second kappa shape index (κ2) is 11.4. The predicted molar refractivity (Wildman–Crippen MR) is 95.1 cm³/mol. The van der Waals surface area contributed by atoms with Crippen LogP contribution in [0.1, 0.15) is 12.0 Å². The molecule has 1 aromatic rings. The van der Waals surface area contributed by atoms with Gasteiger partial charge < -0.3 is 14.8 Å². The molecule has 2 amide bonds. The molecule has 1 rings (SSSR count). The second-order valence-electron chi connectivity index (χ2n) is 4.59. The second-order valence-corrected chi connectivity index (χ2v) is 5.45. The van der Waals surface area contributed by atoms with Gasteiger partial charge in [-0.15, -0.1) is 0 Å². The van der Waals surface area contributed by atoms with Crippen LogP contribution in [0.2, 0.25) is 0 Å². The highest BCUT2D eigenvalue weighted by atomic mass is 79.9. The molecule has 2 N–H and O–H groups in total. The number of carbonyl (C=O) groups excluding carboxylic acids is 2. The van der Waals surface area contributed by atoms with Gasteiger partial charge in [-0.2, -0.15) is 5.10 Å². The van der Waals surface area contributed by atoms with E-state index in [9.17, 15) is 9.59 Å². The molecular weight excluding hydrogens is 378 g/mol. The number of methoxy groups -OCH3 is 1. The van der Waals surface area contributed by atoms with Crippen molar-refractivity contribution in [2.75, 3.05) is 26.9 Å². The number of ether oxygens (including phenoxy) is 2. The van der Waals surface area contributed by atoms with E-state index in [1.165, 1.54) is 6.21 Å². The van der Waals surface area contributed by atoms with E-state index in [1.807, 2.05) is 0 Å². The largest absolute Gasteiger partial charge is 0.488 e. The molecule has 0 saturated heterocycles. The van der Waals surface area contributed by atoms with Crippen LogP contribution in [0.5, 0.6) is 5.75 Å². The molecule has 0 aliphatic carbocycles. The standard InChI is InChI=1S/C16H20BrN3O4/c1-3-8-24-14-6-5-12(10-13(14)17)11-19-20-16(22)15(21)18-7-4-9-23-2/h3,5-6,10-11H,1,4,7-9H2,2H3,(H,18,21)(H,20,22)/b19-11-. The van der Waals surface area contributed by atoms with Crippen molar-refractivity contribution >= 4 is 34.0 Å². The van der Waals surface area contributed by atoms with Crippen molar-refractivity contribution < 1.29 is 19.1 Å². The Labute approximate surface area is 149 Å². The summed E-state index contributed by atoms with van der Waals surface area (Å²) in [5.74, 6) is -0.891. The van der Waals surface area contributed by atoms with Crippen molar-refractivity contribution in [3.63, 3.8) is 0 Å². The van der Waals surface area contributed by atoms with E-state index in [4.69, 9.17) is 9.47 Å². The molecule has 0 aliphatic rings. The molecule has 0 atom stereocenters. The minimum atomic E-state index is -0.825. The van der Waals surface area contributed by atoms with Crippen LogP contribution < -0.4 is 15.5 Å². The molecule has 0 unspecified atom stereocenters. The van der Waals surface area contributed by atoms with Crippen LogP contribution in [0.15, 0.2) is 40.4 Å². The number of nitrogens with zero attached hydrogens (tertiary/aromatic N) is 1. The smallest absolute Gasteiger partial charge is 0.329 e. The van der Waals surface area contributed by atoms with Gasteiger partial charge in [0.25, 0.3) is 0 Å². The van der Waals surface area contributed by atoms with Crippen molar-refractivity contribution in [1.29, 1.82) is 0 Å². The molecule has 0 spiro atoms. The van der Waals surface area contributed by atoms with E-state index in [-0.39, 0.29) is 0 Å². The Bertz CT molecular complexity index is 605. The van der Waals surface area contributed by atoms with Crippen LogP contribution in [0.4, 0.5) is 0 Å². The lowest BCUT2D eigenvalue weighted by Crippen LogP contribution is -2.38. The van der Waals surface area contributed by atoms with Crippen molar-refractivity contribution in [3.8, 4) is 5.75 Å². The normalized spacial score (nSPS) is 10.4. The first kappa shape index (κ1) is 19.9. The maximum absolute atomic E-state index is 11.5. The van der Waals surface area contributed by atoms with Gasteiger partial charge in [0.05, 0.1) is 10.7 Å². The Hall–Kier alpha value is -2.19. The summed E-state index contributed by atoms with van der Waals surface area (Å²) in [4.78, 5) is 23.0. The Kier molecular flexibility index (Phi) is 9.40. The number of hydrazone groups is 1. The van der Waals surface area contributed by atoms with E-state index in [0.717, 1.165) is 10.0 Å². The first-order valence-corrected chi connectivity index (χ1v) is 8.01. The van der Waals surface area contributed by atoms with Crippen molar-refractivity contribution in [2.45, 2.75) is 6.42 Å². The van der Waals surface area contributed by atoms with Gasteiger partial charge in [-0.25, -0.2) is 5.43 Å². The molecule has 1 aromatic carbocycles. The van der Waals surface area contributed by atoms with Gasteiger partial charge in [0, 0.05) is 20.3 Å². The molecule has 130 valence electrons. The van der Waals surface area contributed by atoms with Gasteiger partial charge in [-0.05, 0) is 46.1 Å². The van der Waals surface area contributed by atoms with Crippen molar-refractivity contribution in [3.05, 3.63) is 40.9 Å². The Morgan fingerprint density at radius 1 is 1.38 bits per heavy atom. The average molecular weight is 398 g/mol. The van der Waals surface area contributed by atoms with Crippen LogP contribution in [0, 0.1) is 0 Å². The van der Waals surface area contributed by atoms with Crippen LogP contribution in [0.3, 0.4) is 0 Å². The summed E-state index contributed by atoms with van der Waals surface area (Å²) >= 11 is 3.38. The fourth-order valence-corrected chi connectivity index (χ4v) is 2.09. The lowest BCUT2D eigenvalue weighted by Gasteiger charge is -2.06. The SMILES string of the molecule is C=CCOc1ccc(/C=N\NC(=O)C(=O)NCCCOC)cc1Br. The van der Waals surface area contributed by atoms with Crippen LogP contribution >= 0.6 is 15.9 Å². The minimum Gasteiger partial charge on any atom is -0.488 e. The summed E-state index contributed by atoms with van der Waals surface area (Å²) in [5, 5.41) is 6.22. The number of nitrogens with one attached hydrogen (secondary N) is 2. The van der Waals surface area contributed by atoms with Crippen LogP contribution in [0.25, 0.3) is 0 Å². The molecule has 0 bridgehead atoms. The lowest BCUT2D eigenvalue weighted by molar-refractivity contribution is -0.139.